The van der Waals surface area contributed by atoms with E-state index in [2.05, 4.69) is 21.2 Å². The number of carbonyl (C=O) groups excluding carboxylic acids is 5. The molecule has 4 rings (SSSR count). The Kier molecular flexibility index (Phi) is 7.17. The number of rotatable bonds is 6. The van der Waals surface area contributed by atoms with Gasteiger partial charge in [0, 0.05) is 28.1 Å². The topological polar surface area (TPSA) is 137 Å². The number of carbonyl (C=O) groups is 5. The molecule has 180 valence electrons. The van der Waals surface area contributed by atoms with Gasteiger partial charge in [-0.25, -0.2) is 15.1 Å². The van der Waals surface area contributed by atoms with Gasteiger partial charge in [0.05, 0.1) is 5.69 Å². The molecule has 6 amide bonds. The molecule has 3 N–H and O–H groups in total. The zero-order chi connectivity index (χ0) is 25.7. The second-order valence-corrected chi connectivity index (χ2v) is 7.98. The van der Waals surface area contributed by atoms with E-state index in [1.165, 1.54) is 36.4 Å². The standard InChI is InChI=1S/C25H18ClN5O5/c26-17-8-12-19(13-9-17)31-24(35)20(23(34)29-25(31)36)14-27-30-22(33)16-6-10-18(11-7-16)28-21(32)15-4-2-1-3-5-15/h1-14,20H,(H,28,32)(H,30,33)(H,29,34,36)/b27-14-/t20-/m0/s1. The number of halogens is 1. The molecule has 0 radical (unpaired) electrons. The molecule has 1 fully saturated rings. The van der Waals surface area contributed by atoms with Gasteiger partial charge < -0.3 is 5.32 Å². The van der Waals surface area contributed by atoms with Gasteiger partial charge in [0.25, 0.3) is 17.7 Å². The minimum atomic E-state index is -1.44. The molecule has 3 aromatic carbocycles. The Balaban J connectivity index is 1.38. The fraction of sp³-hybridized carbons (Fsp3) is 0.0400. The highest BCUT2D eigenvalue weighted by molar-refractivity contribution is 6.33. The molecule has 36 heavy (non-hydrogen) atoms. The normalized spacial score (nSPS) is 15.5. The summed E-state index contributed by atoms with van der Waals surface area (Å²) < 4.78 is 0. The molecule has 10 nitrogen and oxygen atoms in total. The first-order chi connectivity index (χ1) is 17.3. The van der Waals surface area contributed by atoms with Crippen molar-refractivity contribution in [2.45, 2.75) is 0 Å². The SMILES string of the molecule is O=C(N/N=C\[C@H]1C(=O)NC(=O)N(c2ccc(Cl)cc2)C1=O)c1ccc(NC(=O)c2ccccc2)cc1. The molecule has 1 saturated heterocycles. The van der Waals surface area contributed by atoms with Crippen LogP contribution in [0.3, 0.4) is 0 Å². The highest BCUT2D eigenvalue weighted by Gasteiger charge is 2.40. The lowest BCUT2D eigenvalue weighted by Gasteiger charge is -2.28. The van der Waals surface area contributed by atoms with Crippen LogP contribution in [-0.4, -0.2) is 35.9 Å². The Hall–Kier alpha value is -4.83. The maximum Gasteiger partial charge on any atom is 0.335 e. The van der Waals surface area contributed by atoms with Crippen molar-refractivity contribution in [3.05, 3.63) is 95.0 Å². The number of benzene rings is 3. The zero-order valence-electron chi connectivity index (χ0n) is 18.5. The minimum absolute atomic E-state index is 0.219. The average Bonchev–Trinajstić information content (AvgIpc) is 2.88. The molecule has 1 aliphatic heterocycles. The molecule has 0 unspecified atom stereocenters. The maximum atomic E-state index is 12.8. The lowest BCUT2D eigenvalue weighted by molar-refractivity contribution is -0.131. The van der Waals surface area contributed by atoms with E-state index >= 15 is 0 Å². The van der Waals surface area contributed by atoms with Crippen LogP contribution in [0.15, 0.2) is 84.0 Å². The van der Waals surface area contributed by atoms with Crippen molar-refractivity contribution in [3.63, 3.8) is 0 Å². The van der Waals surface area contributed by atoms with Crippen molar-refractivity contribution in [2.75, 3.05) is 10.2 Å². The number of barbiturate groups is 1. The molecule has 0 saturated carbocycles. The lowest BCUT2D eigenvalue weighted by atomic mass is 10.1. The van der Waals surface area contributed by atoms with Crippen molar-refractivity contribution < 1.29 is 24.0 Å². The van der Waals surface area contributed by atoms with Crippen LogP contribution in [0.1, 0.15) is 20.7 Å². The second kappa shape index (κ2) is 10.6. The molecule has 1 atom stereocenters. The smallest absolute Gasteiger partial charge is 0.322 e. The Morgan fingerprint density at radius 1 is 0.861 bits per heavy atom. The van der Waals surface area contributed by atoms with Crippen molar-refractivity contribution in [1.29, 1.82) is 0 Å². The van der Waals surface area contributed by atoms with Crippen molar-refractivity contribution in [1.82, 2.24) is 10.7 Å². The molecular weight excluding hydrogens is 486 g/mol. The van der Waals surface area contributed by atoms with E-state index in [0.29, 0.717) is 16.3 Å². The number of hydrogen-bond donors (Lipinski definition) is 3. The average molecular weight is 504 g/mol. The van der Waals surface area contributed by atoms with Crippen molar-refractivity contribution >= 4 is 58.9 Å². The highest BCUT2D eigenvalue weighted by atomic mass is 35.5. The van der Waals surface area contributed by atoms with E-state index in [1.807, 2.05) is 0 Å². The fourth-order valence-electron chi connectivity index (χ4n) is 3.29. The van der Waals surface area contributed by atoms with Crippen LogP contribution < -0.4 is 21.0 Å². The van der Waals surface area contributed by atoms with Gasteiger partial charge in [-0.15, -0.1) is 0 Å². The van der Waals surface area contributed by atoms with Gasteiger partial charge in [0.2, 0.25) is 5.91 Å². The molecule has 0 aliphatic carbocycles. The van der Waals surface area contributed by atoms with Crippen LogP contribution in [-0.2, 0) is 9.59 Å². The molecule has 0 bridgehead atoms. The van der Waals surface area contributed by atoms with E-state index in [0.717, 1.165) is 11.1 Å². The molecule has 0 aromatic heterocycles. The number of nitrogens with one attached hydrogen (secondary N) is 3. The predicted octanol–water partition coefficient (Wildman–Crippen LogP) is 3.21. The van der Waals surface area contributed by atoms with Crippen LogP contribution in [0.25, 0.3) is 0 Å². The van der Waals surface area contributed by atoms with Crippen molar-refractivity contribution in [2.24, 2.45) is 11.0 Å². The summed E-state index contributed by atoms with van der Waals surface area (Å²) in [6.45, 7) is 0. The van der Waals surface area contributed by atoms with Crippen LogP contribution in [0.2, 0.25) is 5.02 Å². The molecule has 3 aromatic rings. The molecule has 1 aliphatic rings. The zero-order valence-corrected chi connectivity index (χ0v) is 19.2. The van der Waals surface area contributed by atoms with Gasteiger partial charge in [-0.1, -0.05) is 29.8 Å². The van der Waals surface area contributed by atoms with Gasteiger partial charge in [-0.2, -0.15) is 5.10 Å². The van der Waals surface area contributed by atoms with Crippen LogP contribution in [0, 0.1) is 5.92 Å². The number of amides is 6. The van der Waals surface area contributed by atoms with Gasteiger partial charge in [0.1, 0.15) is 0 Å². The highest BCUT2D eigenvalue weighted by Crippen LogP contribution is 2.22. The second-order valence-electron chi connectivity index (χ2n) is 7.54. The first kappa shape index (κ1) is 24.3. The third kappa shape index (κ3) is 5.45. The monoisotopic (exact) mass is 503 g/mol. The number of urea groups is 1. The summed E-state index contributed by atoms with van der Waals surface area (Å²) in [6.07, 6.45) is 0.944. The first-order valence-corrected chi connectivity index (χ1v) is 11.0. The number of hydrazone groups is 1. The predicted molar refractivity (Wildman–Crippen MR) is 133 cm³/mol. The Bertz CT molecular complexity index is 1360. The quantitative estimate of drug-likeness (QED) is 0.269. The Labute approximate surface area is 209 Å². The third-order valence-electron chi connectivity index (χ3n) is 5.12. The summed E-state index contributed by atoms with van der Waals surface area (Å²) in [5.41, 5.74) is 3.66. The summed E-state index contributed by atoms with van der Waals surface area (Å²) in [7, 11) is 0. The fourth-order valence-corrected chi connectivity index (χ4v) is 3.42. The number of hydrogen-bond acceptors (Lipinski definition) is 6. The molecule has 1 heterocycles. The van der Waals surface area contributed by atoms with E-state index in [9.17, 15) is 24.0 Å². The van der Waals surface area contributed by atoms with Crippen LogP contribution in [0.5, 0.6) is 0 Å². The van der Waals surface area contributed by atoms with E-state index in [4.69, 9.17) is 11.6 Å². The Morgan fingerprint density at radius 2 is 1.50 bits per heavy atom. The molecule has 0 spiro atoms. The summed E-state index contributed by atoms with van der Waals surface area (Å²) in [6, 6.07) is 19.7. The van der Waals surface area contributed by atoms with E-state index in [1.54, 1.807) is 42.5 Å². The largest absolute Gasteiger partial charge is 0.335 e. The van der Waals surface area contributed by atoms with Gasteiger partial charge in [-0.3, -0.25) is 24.5 Å². The van der Waals surface area contributed by atoms with Crippen molar-refractivity contribution in [3.8, 4) is 0 Å². The number of anilines is 2. The molecule has 11 heteroatoms. The Morgan fingerprint density at radius 3 is 2.17 bits per heavy atom. The molecular formula is C25H18ClN5O5. The maximum absolute atomic E-state index is 12.8. The van der Waals surface area contributed by atoms with E-state index in [-0.39, 0.29) is 17.2 Å². The third-order valence-corrected chi connectivity index (χ3v) is 5.37. The summed E-state index contributed by atoms with van der Waals surface area (Å²) in [5.74, 6) is -4.04. The summed E-state index contributed by atoms with van der Waals surface area (Å²) in [4.78, 5) is 62.6. The van der Waals surface area contributed by atoms with Crippen LogP contribution >= 0.6 is 11.6 Å². The summed E-state index contributed by atoms with van der Waals surface area (Å²) in [5, 5.41) is 8.93. The number of nitrogens with zero attached hydrogens (tertiary/aromatic N) is 2. The van der Waals surface area contributed by atoms with Gasteiger partial charge in [-0.05, 0) is 60.7 Å². The number of imide groups is 2. The van der Waals surface area contributed by atoms with Gasteiger partial charge in [0.15, 0.2) is 5.92 Å². The van der Waals surface area contributed by atoms with E-state index < -0.39 is 29.7 Å². The summed E-state index contributed by atoms with van der Waals surface area (Å²) >= 11 is 5.84. The first-order valence-electron chi connectivity index (χ1n) is 10.6. The van der Waals surface area contributed by atoms with Crippen LogP contribution in [0.4, 0.5) is 16.2 Å². The minimum Gasteiger partial charge on any atom is -0.322 e. The van der Waals surface area contributed by atoms with Gasteiger partial charge >= 0.3 is 6.03 Å². The lowest BCUT2D eigenvalue weighted by Crippen LogP contribution is -2.58.